The smallest absolute Gasteiger partial charge is 0.240 e. The van der Waals surface area contributed by atoms with Gasteiger partial charge in [0.05, 0.1) is 6.61 Å². The van der Waals surface area contributed by atoms with Crippen molar-refractivity contribution >= 4 is 11.6 Å². The van der Waals surface area contributed by atoms with E-state index in [2.05, 4.69) is 10.5 Å². The third kappa shape index (κ3) is 3.34. The summed E-state index contributed by atoms with van der Waals surface area (Å²) >= 11 is 0. The number of rotatable bonds is 3. The molecule has 8 nitrogen and oxygen atoms in total. The van der Waals surface area contributed by atoms with E-state index in [4.69, 9.17) is 23.7 Å². The van der Waals surface area contributed by atoms with Crippen molar-refractivity contribution < 1.29 is 28.5 Å². The average Bonchev–Trinajstić information content (AvgIpc) is 2.94. The van der Waals surface area contributed by atoms with Gasteiger partial charge in [-0.05, 0) is 34.1 Å². The van der Waals surface area contributed by atoms with Gasteiger partial charge in [-0.25, -0.2) is 5.43 Å². The number of carbonyl (C=O) groups excluding carboxylic acids is 1. The number of nitrogens with one attached hydrogen (secondary N) is 1. The second-order valence-electron chi connectivity index (χ2n) is 7.23. The van der Waals surface area contributed by atoms with E-state index in [1.54, 1.807) is 13.8 Å². The molecule has 0 aliphatic carbocycles. The SMILES string of the molecule is CCCC(=O)N/N=C1/[C@@H]2OC(C)(C)O[C@@H]2CO[C@@]12COC(C)(C)O2. The van der Waals surface area contributed by atoms with Gasteiger partial charge in [0.2, 0.25) is 11.7 Å². The van der Waals surface area contributed by atoms with Gasteiger partial charge in [-0.15, -0.1) is 0 Å². The van der Waals surface area contributed by atoms with E-state index in [1.165, 1.54) is 0 Å². The van der Waals surface area contributed by atoms with E-state index >= 15 is 0 Å². The standard InChI is InChI=1S/C16H26N2O6/c1-6-7-11(19)17-18-13-12-10(22-15(4,5)23-12)8-20-16(13)9-21-14(2,3)24-16/h10,12H,6-9H2,1-5H3,(H,17,19)/b18-13-/t10-,12-,16-/m1/s1. The minimum absolute atomic E-state index is 0.168. The lowest BCUT2D eigenvalue weighted by Crippen LogP contribution is -2.59. The maximum absolute atomic E-state index is 11.8. The molecule has 0 saturated carbocycles. The zero-order valence-corrected chi connectivity index (χ0v) is 14.9. The molecule has 136 valence electrons. The van der Waals surface area contributed by atoms with Gasteiger partial charge in [0.1, 0.15) is 24.5 Å². The number of nitrogens with zero attached hydrogens (tertiary/aromatic N) is 1. The van der Waals surface area contributed by atoms with Crippen LogP contribution in [0.4, 0.5) is 0 Å². The Morgan fingerprint density at radius 2 is 1.96 bits per heavy atom. The fraction of sp³-hybridized carbons (Fsp3) is 0.875. The maximum atomic E-state index is 11.8. The van der Waals surface area contributed by atoms with Gasteiger partial charge in [0.25, 0.3) is 0 Å². The summed E-state index contributed by atoms with van der Waals surface area (Å²) in [6, 6.07) is 0. The Hall–Kier alpha value is -1.06. The van der Waals surface area contributed by atoms with E-state index in [0.717, 1.165) is 6.42 Å². The largest absolute Gasteiger partial charge is 0.344 e. The summed E-state index contributed by atoms with van der Waals surface area (Å²) in [6.07, 6.45) is 0.363. The molecule has 0 unspecified atom stereocenters. The van der Waals surface area contributed by atoms with Crippen molar-refractivity contribution in [3.63, 3.8) is 0 Å². The van der Waals surface area contributed by atoms with Crippen LogP contribution in [0.5, 0.6) is 0 Å². The number of hydrogen-bond donors (Lipinski definition) is 1. The highest BCUT2D eigenvalue weighted by Gasteiger charge is 2.61. The van der Waals surface area contributed by atoms with Crippen LogP contribution in [0.2, 0.25) is 0 Å². The van der Waals surface area contributed by atoms with Gasteiger partial charge in [-0.1, -0.05) is 6.92 Å². The summed E-state index contributed by atoms with van der Waals surface area (Å²) in [5, 5.41) is 4.29. The number of carbonyl (C=O) groups is 1. The fourth-order valence-electron chi connectivity index (χ4n) is 3.17. The summed E-state index contributed by atoms with van der Waals surface area (Å²) < 4.78 is 29.5. The molecule has 1 N–H and O–H groups in total. The van der Waals surface area contributed by atoms with Crippen molar-refractivity contribution in [2.45, 2.75) is 77.0 Å². The predicted molar refractivity (Wildman–Crippen MR) is 84.1 cm³/mol. The fourth-order valence-corrected chi connectivity index (χ4v) is 3.17. The number of amides is 1. The van der Waals surface area contributed by atoms with Crippen LogP contribution in [-0.2, 0) is 28.5 Å². The summed E-state index contributed by atoms with van der Waals surface area (Å²) in [5.74, 6) is -2.91. The second kappa shape index (κ2) is 6.03. The van der Waals surface area contributed by atoms with Gasteiger partial charge in [-0.3, -0.25) is 4.79 Å². The first kappa shape index (κ1) is 17.8. The van der Waals surface area contributed by atoms with Crippen LogP contribution in [0.3, 0.4) is 0 Å². The molecule has 3 aliphatic rings. The molecular weight excluding hydrogens is 316 g/mol. The van der Waals surface area contributed by atoms with Crippen LogP contribution < -0.4 is 5.43 Å². The van der Waals surface area contributed by atoms with Crippen LogP contribution in [-0.4, -0.2) is 54.4 Å². The minimum Gasteiger partial charge on any atom is -0.344 e. The first-order valence-electron chi connectivity index (χ1n) is 8.37. The van der Waals surface area contributed by atoms with E-state index < -0.39 is 23.5 Å². The van der Waals surface area contributed by atoms with Crippen LogP contribution in [0, 0.1) is 0 Å². The van der Waals surface area contributed by atoms with E-state index in [0.29, 0.717) is 18.7 Å². The van der Waals surface area contributed by atoms with Crippen molar-refractivity contribution in [3.8, 4) is 0 Å². The Bertz CT molecular complexity index is 545. The number of ether oxygens (including phenoxy) is 5. The lowest BCUT2D eigenvalue weighted by molar-refractivity contribution is -0.236. The molecule has 3 atom stereocenters. The zero-order valence-electron chi connectivity index (χ0n) is 14.9. The second-order valence-corrected chi connectivity index (χ2v) is 7.23. The monoisotopic (exact) mass is 342 g/mol. The normalized spacial score (nSPS) is 38.5. The van der Waals surface area contributed by atoms with Crippen molar-refractivity contribution in [1.82, 2.24) is 5.43 Å². The predicted octanol–water partition coefficient (Wildman–Crippen LogP) is 1.29. The minimum atomic E-state index is -1.17. The van der Waals surface area contributed by atoms with Crippen molar-refractivity contribution in [1.29, 1.82) is 0 Å². The van der Waals surface area contributed by atoms with E-state index in [1.807, 2.05) is 20.8 Å². The van der Waals surface area contributed by atoms with Crippen molar-refractivity contribution in [2.24, 2.45) is 5.10 Å². The Morgan fingerprint density at radius 1 is 1.21 bits per heavy atom. The molecule has 24 heavy (non-hydrogen) atoms. The molecule has 0 aromatic rings. The molecule has 0 bridgehead atoms. The molecule has 3 rings (SSSR count). The Balaban J connectivity index is 1.89. The number of fused-ring (bicyclic) bond motifs is 1. The Kier molecular flexibility index (Phi) is 4.46. The molecule has 0 aromatic carbocycles. The topological polar surface area (TPSA) is 87.6 Å². The maximum Gasteiger partial charge on any atom is 0.240 e. The molecule has 3 aliphatic heterocycles. The number of hydrogen-bond acceptors (Lipinski definition) is 7. The van der Waals surface area contributed by atoms with E-state index in [-0.39, 0.29) is 18.6 Å². The zero-order chi connectivity index (χ0) is 17.6. The van der Waals surface area contributed by atoms with Gasteiger partial charge in [0, 0.05) is 6.42 Å². The molecule has 0 radical (unpaired) electrons. The first-order chi connectivity index (χ1) is 11.2. The van der Waals surface area contributed by atoms with Crippen LogP contribution in [0.15, 0.2) is 5.10 Å². The summed E-state index contributed by atoms with van der Waals surface area (Å²) in [4.78, 5) is 11.8. The lowest BCUT2D eigenvalue weighted by Gasteiger charge is -2.38. The summed E-state index contributed by atoms with van der Waals surface area (Å²) in [5.41, 5.74) is 3.01. The van der Waals surface area contributed by atoms with Crippen molar-refractivity contribution in [3.05, 3.63) is 0 Å². The Labute approximate surface area is 141 Å². The highest BCUT2D eigenvalue weighted by atomic mass is 16.8. The summed E-state index contributed by atoms with van der Waals surface area (Å²) in [7, 11) is 0. The quantitative estimate of drug-likeness (QED) is 0.778. The van der Waals surface area contributed by atoms with Gasteiger partial charge >= 0.3 is 0 Å². The lowest BCUT2D eigenvalue weighted by atomic mass is 9.98. The van der Waals surface area contributed by atoms with Crippen LogP contribution in [0.25, 0.3) is 0 Å². The van der Waals surface area contributed by atoms with Gasteiger partial charge < -0.3 is 23.7 Å². The highest BCUT2D eigenvalue weighted by Crippen LogP contribution is 2.42. The van der Waals surface area contributed by atoms with Crippen LogP contribution >= 0.6 is 0 Å². The molecule has 1 amide bonds. The number of hydrazone groups is 1. The van der Waals surface area contributed by atoms with Gasteiger partial charge in [0.15, 0.2) is 11.6 Å². The molecule has 8 heteroatoms. The first-order valence-corrected chi connectivity index (χ1v) is 8.37. The van der Waals surface area contributed by atoms with E-state index in [9.17, 15) is 4.79 Å². The highest BCUT2D eigenvalue weighted by molar-refractivity contribution is 5.97. The molecule has 3 heterocycles. The third-order valence-corrected chi connectivity index (χ3v) is 4.12. The summed E-state index contributed by atoms with van der Waals surface area (Å²) in [6.45, 7) is 9.69. The molecule has 0 aromatic heterocycles. The van der Waals surface area contributed by atoms with Gasteiger partial charge in [-0.2, -0.15) is 5.10 Å². The molecular formula is C16H26N2O6. The third-order valence-electron chi connectivity index (χ3n) is 4.12. The molecule has 1 spiro atoms. The van der Waals surface area contributed by atoms with Crippen molar-refractivity contribution in [2.75, 3.05) is 13.2 Å². The molecule has 3 saturated heterocycles. The molecule has 3 fully saturated rings. The average molecular weight is 342 g/mol. The van der Waals surface area contributed by atoms with Crippen LogP contribution in [0.1, 0.15) is 47.5 Å². The Morgan fingerprint density at radius 3 is 2.58 bits per heavy atom.